The number of rotatable bonds is 2. The van der Waals surface area contributed by atoms with Crippen LogP contribution in [0.25, 0.3) is 27.6 Å². The maximum Gasteiger partial charge on any atom is 0.344 e. The molecule has 1 atom stereocenters. The van der Waals surface area contributed by atoms with E-state index in [9.17, 15) is 4.79 Å². The van der Waals surface area contributed by atoms with E-state index in [0.717, 1.165) is 47.5 Å². The van der Waals surface area contributed by atoms with Crippen molar-refractivity contribution in [2.45, 2.75) is 25.8 Å². The number of aromatic nitrogens is 2. The monoisotopic (exact) mass is 400 g/mol. The Morgan fingerprint density at radius 3 is 2.97 bits per heavy atom. The summed E-state index contributed by atoms with van der Waals surface area (Å²) in [6.45, 7) is 6.38. The smallest absolute Gasteiger partial charge is 0.344 e. The molecule has 0 N–H and O–H groups in total. The number of benzene rings is 1. The van der Waals surface area contributed by atoms with Gasteiger partial charge in [0, 0.05) is 60.8 Å². The second kappa shape index (κ2) is 6.71. The fourth-order valence-corrected chi connectivity index (χ4v) is 4.98. The van der Waals surface area contributed by atoms with Gasteiger partial charge in [0.2, 0.25) is 0 Å². The van der Waals surface area contributed by atoms with Crippen molar-refractivity contribution in [3.8, 4) is 11.1 Å². The number of piperazine rings is 1. The highest BCUT2D eigenvalue weighted by atomic mass is 16.4. The van der Waals surface area contributed by atoms with E-state index in [1.807, 2.05) is 48.1 Å². The van der Waals surface area contributed by atoms with Gasteiger partial charge in [-0.3, -0.25) is 9.88 Å². The van der Waals surface area contributed by atoms with Gasteiger partial charge in [0.25, 0.3) is 0 Å². The van der Waals surface area contributed by atoms with Crippen molar-refractivity contribution in [2.75, 3.05) is 31.1 Å². The minimum Gasteiger partial charge on any atom is -0.422 e. The highest BCUT2D eigenvalue weighted by Crippen LogP contribution is 2.29. The lowest BCUT2D eigenvalue weighted by Gasteiger charge is -2.38. The zero-order chi connectivity index (χ0) is 20.2. The Labute approximate surface area is 174 Å². The zero-order valence-corrected chi connectivity index (χ0v) is 17.0. The van der Waals surface area contributed by atoms with Crippen LogP contribution in [0.1, 0.15) is 18.5 Å². The molecule has 0 spiro atoms. The molecule has 1 unspecified atom stereocenters. The second-order valence-corrected chi connectivity index (χ2v) is 8.54. The number of nitrogens with zero attached hydrogens (tertiary/aromatic N) is 4. The first kappa shape index (κ1) is 17.7. The molecule has 2 fully saturated rings. The van der Waals surface area contributed by atoms with Gasteiger partial charge in [0.1, 0.15) is 5.58 Å². The molecular formula is C24H24N4O2. The van der Waals surface area contributed by atoms with E-state index in [-0.39, 0.29) is 5.63 Å². The van der Waals surface area contributed by atoms with Crippen LogP contribution in [-0.2, 0) is 0 Å². The molecule has 30 heavy (non-hydrogen) atoms. The average molecular weight is 400 g/mol. The Morgan fingerprint density at radius 1 is 1.10 bits per heavy atom. The van der Waals surface area contributed by atoms with Crippen molar-refractivity contribution < 1.29 is 4.42 Å². The van der Waals surface area contributed by atoms with Gasteiger partial charge in [-0.05, 0) is 50.6 Å². The second-order valence-electron chi connectivity index (χ2n) is 8.54. The van der Waals surface area contributed by atoms with Crippen LogP contribution in [0.2, 0.25) is 0 Å². The van der Waals surface area contributed by atoms with Crippen molar-refractivity contribution in [1.82, 2.24) is 14.3 Å². The van der Waals surface area contributed by atoms with Crippen molar-refractivity contribution in [3.63, 3.8) is 0 Å². The fourth-order valence-electron chi connectivity index (χ4n) is 4.98. The van der Waals surface area contributed by atoms with E-state index < -0.39 is 0 Å². The third-order valence-corrected chi connectivity index (χ3v) is 6.59. The lowest BCUT2D eigenvalue weighted by Crippen LogP contribution is -2.50. The number of anilines is 1. The summed E-state index contributed by atoms with van der Waals surface area (Å²) in [5, 5.41) is 0.942. The summed E-state index contributed by atoms with van der Waals surface area (Å²) in [6, 6.07) is 10.8. The van der Waals surface area contributed by atoms with Crippen LogP contribution in [0.3, 0.4) is 0 Å². The van der Waals surface area contributed by atoms with Crippen LogP contribution in [0.4, 0.5) is 5.69 Å². The number of hydrogen-bond donors (Lipinski definition) is 0. The Hall–Kier alpha value is -3.12. The highest BCUT2D eigenvalue weighted by molar-refractivity contribution is 5.85. The van der Waals surface area contributed by atoms with Crippen molar-refractivity contribution in [2.24, 2.45) is 0 Å². The van der Waals surface area contributed by atoms with E-state index in [1.54, 1.807) is 0 Å². The van der Waals surface area contributed by atoms with Gasteiger partial charge in [-0.1, -0.05) is 0 Å². The van der Waals surface area contributed by atoms with E-state index in [2.05, 4.69) is 26.9 Å². The molecule has 2 aliphatic rings. The molecule has 6 nitrogen and oxygen atoms in total. The van der Waals surface area contributed by atoms with Crippen molar-refractivity contribution in [1.29, 1.82) is 0 Å². The van der Waals surface area contributed by atoms with Gasteiger partial charge in [-0.2, -0.15) is 0 Å². The Balaban J connectivity index is 1.36. The number of fused-ring (bicyclic) bond motifs is 3. The Kier molecular flexibility index (Phi) is 3.96. The van der Waals surface area contributed by atoms with Crippen LogP contribution in [0.5, 0.6) is 0 Å². The predicted molar refractivity (Wildman–Crippen MR) is 118 cm³/mol. The van der Waals surface area contributed by atoms with Crippen molar-refractivity contribution in [3.05, 3.63) is 65.0 Å². The summed E-state index contributed by atoms with van der Waals surface area (Å²) in [6.07, 6.45) is 8.31. The molecule has 2 aliphatic heterocycles. The summed E-state index contributed by atoms with van der Waals surface area (Å²) in [7, 11) is 0. The first-order valence-corrected chi connectivity index (χ1v) is 10.7. The minimum absolute atomic E-state index is 0.305. The van der Waals surface area contributed by atoms with Gasteiger partial charge < -0.3 is 13.7 Å². The third kappa shape index (κ3) is 2.91. The Morgan fingerprint density at radius 2 is 2.03 bits per heavy atom. The summed E-state index contributed by atoms with van der Waals surface area (Å²) < 4.78 is 7.76. The summed E-state index contributed by atoms with van der Waals surface area (Å²) in [5.41, 5.74) is 4.80. The molecule has 0 saturated carbocycles. The highest BCUT2D eigenvalue weighted by Gasteiger charge is 2.30. The molecule has 6 heteroatoms. The first-order chi connectivity index (χ1) is 14.6. The van der Waals surface area contributed by atoms with E-state index in [0.29, 0.717) is 17.2 Å². The minimum atomic E-state index is -0.305. The third-order valence-electron chi connectivity index (χ3n) is 6.59. The topological polar surface area (TPSA) is 54.0 Å². The number of aryl methyl sites for hydroxylation is 1. The molecular weight excluding hydrogens is 376 g/mol. The van der Waals surface area contributed by atoms with Crippen molar-refractivity contribution >= 4 is 22.2 Å². The normalized spacial score (nSPS) is 19.6. The van der Waals surface area contributed by atoms with Gasteiger partial charge >= 0.3 is 5.63 Å². The molecule has 0 radical (unpaired) electrons. The molecule has 1 aromatic carbocycles. The Bertz CT molecular complexity index is 1320. The molecule has 6 rings (SSSR count). The van der Waals surface area contributed by atoms with Crippen LogP contribution in [0.15, 0.2) is 58.1 Å². The molecule has 152 valence electrons. The maximum atomic E-state index is 12.8. The van der Waals surface area contributed by atoms with E-state index in [4.69, 9.17) is 4.42 Å². The molecule has 0 bridgehead atoms. The van der Waals surface area contributed by atoms with Gasteiger partial charge in [-0.15, -0.1) is 0 Å². The fraction of sp³-hybridized carbons (Fsp3) is 0.333. The lowest BCUT2D eigenvalue weighted by molar-refractivity contribution is 0.231. The molecule has 2 saturated heterocycles. The van der Waals surface area contributed by atoms with E-state index in [1.165, 1.54) is 19.4 Å². The van der Waals surface area contributed by atoms with E-state index >= 15 is 0 Å². The molecule has 3 aromatic heterocycles. The molecule has 0 amide bonds. The molecule has 5 heterocycles. The summed E-state index contributed by atoms with van der Waals surface area (Å²) >= 11 is 0. The number of hydrogen-bond acceptors (Lipinski definition) is 5. The van der Waals surface area contributed by atoms with Gasteiger partial charge in [-0.25, -0.2) is 4.79 Å². The standard InChI is InChI=1S/C24H24N4O2/c1-16-13-28-14-18(9-21(28)12-25-16)22-10-17-4-5-19(11-23(17)30-24(22)29)27-8-7-26-6-2-3-20(26)15-27/h4-5,9-14,20H,2-3,6-8,15H2,1H3. The average Bonchev–Trinajstić information content (AvgIpc) is 3.38. The van der Waals surface area contributed by atoms with Crippen LogP contribution >= 0.6 is 0 Å². The molecule has 4 aromatic rings. The molecule has 0 aliphatic carbocycles. The lowest BCUT2D eigenvalue weighted by atomic mass is 10.1. The zero-order valence-electron chi connectivity index (χ0n) is 17.0. The van der Waals surface area contributed by atoms with Crippen LogP contribution in [-0.4, -0.2) is 46.5 Å². The van der Waals surface area contributed by atoms with Crippen LogP contribution in [0, 0.1) is 6.92 Å². The van der Waals surface area contributed by atoms with Gasteiger partial charge in [0.05, 0.1) is 23.0 Å². The SMILES string of the molecule is Cc1cn2cc(-c3cc4ccc(N5CCN6CCCC6C5)cc4oc3=O)cc2cn1. The van der Waals surface area contributed by atoms with Crippen LogP contribution < -0.4 is 10.5 Å². The largest absolute Gasteiger partial charge is 0.422 e. The first-order valence-electron chi connectivity index (χ1n) is 10.7. The summed E-state index contributed by atoms with van der Waals surface area (Å²) in [5.74, 6) is 0. The predicted octanol–water partition coefficient (Wildman–Crippen LogP) is 3.70. The summed E-state index contributed by atoms with van der Waals surface area (Å²) in [4.78, 5) is 22.2. The maximum absolute atomic E-state index is 12.8. The van der Waals surface area contributed by atoms with Gasteiger partial charge in [0.15, 0.2) is 0 Å². The quantitative estimate of drug-likeness (QED) is 0.480.